The molecule has 17 heavy (non-hydrogen) atoms. The van der Waals surface area contributed by atoms with Crippen molar-refractivity contribution in [3.63, 3.8) is 0 Å². The van der Waals surface area contributed by atoms with E-state index in [1.807, 2.05) is 32.0 Å². The van der Waals surface area contributed by atoms with Crippen LogP contribution < -0.4 is 10.5 Å². The molecule has 0 spiro atoms. The summed E-state index contributed by atoms with van der Waals surface area (Å²) >= 11 is 3.41. The summed E-state index contributed by atoms with van der Waals surface area (Å²) < 4.78 is 11.7. The number of fused-ring (bicyclic) bond motifs is 1. The van der Waals surface area contributed by atoms with Gasteiger partial charge in [0.2, 0.25) is 0 Å². The summed E-state index contributed by atoms with van der Waals surface area (Å²) in [6.45, 7) is 4.39. The SMILES string of the molecule is CCC(C)(N)COc1noc2ccc(Br)cc12. The predicted octanol–water partition coefficient (Wildman–Crippen LogP) is 3.10. The van der Waals surface area contributed by atoms with Crippen molar-refractivity contribution < 1.29 is 9.26 Å². The van der Waals surface area contributed by atoms with E-state index in [0.717, 1.165) is 16.3 Å². The monoisotopic (exact) mass is 298 g/mol. The zero-order chi connectivity index (χ0) is 12.5. The molecule has 2 aromatic rings. The van der Waals surface area contributed by atoms with E-state index in [9.17, 15) is 0 Å². The molecule has 1 aromatic heterocycles. The van der Waals surface area contributed by atoms with Crippen LogP contribution in [0.3, 0.4) is 0 Å². The van der Waals surface area contributed by atoms with Crippen molar-refractivity contribution in [1.29, 1.82) is 0 Å². The van der Waals surface area contributed by atoms with Crippen molar-refractivity contribution >= 4 is 26.9 Å². The Labute approximate surface area is 108 Å². The molecule has 1 aromatic carbocycles. The lowest BCUT2D eigenvalue weighted by molar-refractivity contribution is 0.211. The van der Waals surface area contributed by atoms with Crippen LogP contribution in [0.4, 0.5) is 0 Å². The molecule has 5 heteroatoms. The minimum atomic E-state index is -0.350. The predicted molar refractivity (Wildman–Crippen MR) is 70.1 cm³/mol. The van der Waals surface area contributed by atoms with Crippen LogP contribution in [0.2, 0.25) is 0 Å². The van der Waals surface area contributed by atoms with E-state index >= 15 is 0 Å². The number of ether oxygens (including phenoxy) is 1. The highest BCUT2D eigenvalue weighted by molar-refractivity contribution is 9.10. The average molecular weight is 299 g/mol. The van der Waals surface area contributed by atoms with Gasteiger partial charge in [-0.2, -0.15) is 0 Å². The van der Waals surface area contributed by atoms with Gasteiger partial charge in [-0.05, 0) is 36.7 Å². The molecule has 1 atom stereocenters. The summed E-state index contributed by atoms with van der Waals surface area (Å²) in [6, 6.07) is 5.66. The number of nitrogens with zero attached hydrogens (tertiary/aromatic N) is 1. The first kappa shape index (κ1) is 12.4. The number of rotatable bonds is 4. The van der Waals surface area contributed by atoms with Gasteiger partial charge in [0, 0.05) is 10.0 Å². The van der Waals surface area contributed by atoms with E-state index in [2.05, 4.69) is 21.1 Å². The molecule has 1 unspecified atom stereocenters. The second-order valence-electron chi connectivity index (χ2n) is 4.42. The van der Waals surface area contributed by atoms with Gasteiger partial charge in [0.05, 0.1) is 5.39 Å². The molecule has 0 radical (unpaired) electrons. The third kappa shape index (κ3) is 2.79. The zero-order valence-corrected chi connectivity index (χ0v) is 11.5. The van der Waals surface area contributed by atoms with Gasteiger partial charge >= 0.3 is 0 Å². The van der Waals surface area contributed by atoms with Gasteiger partial charge in [-0.25, -0.2) is 0 Å². The highest BCUT2D eigenvalue weighted by atomic mass is 79.9. The standard InChI is InChI=1S/C12H15BrN2O2/c1-3-12(2,14)7-16-11-9-6-8(13)4-5-10(9)17-15-11/h4-6H,3,7,14H2,1-2H3. The van der Waals surface area contributed by atoms with Gasteiger partial charge < -0.3 is 15.0 Å². The topological polar surface area (TPSA) is 61.3 Å². The van der Waals surface area contributed by atoms with Crippen LogP contribution >= 0.6 is 15.9 Å². The van der Waals surface area contributed by atoms with Gasteiger partial charge in [0.1, 0.15) is 6.61 Å². The lowest BCUT2D eigenvalue weighted by atomic mass is 10.0. The number of halogens is 1. The maximum absolute atomic E-state index is 6.01. The van der Waals surface area contributed by atoms with E-state index in [1.54, 1.807) is 0 Å². The Bertz CT molecular complexity index is 522. The quantitative estimate of drug-likeness (QED) is 0.942. The van der Waals surface area contributed by atoms with Gasteiger partial charge in [0.15, 0.2) is 5.58 Å². The summed E-state index contributed by atoms with van der Waals surface area (Å²) in [5.74, 6) is 0.492. The third-order valence-electron chi connectivity index (χ3n) is 2.75. The molecule has 1 heterocycles. The van der Waals surface area contributed by atoms with Gasteiger partial charge in [0.25, 0.3) is 5.88 Å². The molecule has 0 aliphatic heterocycles. The van der Waals surface area contributed by atoms with E-state index in [4.69, 9.17) is 15.0 Å². The Kier molecular flexibility index (Phi) is 3.40. The lowest BCUT2D eigenvalue weighted by Gasteiger charge is -2.21. The molecule has 92 valence electrons. The smallest absolute Gasteiger partial charge is 0.262 e. The van der Waals surface area contributed by atoms with E-state index in [-0.39, 0.29) is 5.54 Å². The second kappa shape index (κ2) is 4.66. The number of hydrogen-bond donors (Lipinski definition) is 1. The summed E-state index contributed by atoms with van der Waals surface area (Å²) in [4.78, 5) is 0. The average Bonchev–Trinajstić information content (AvgIpc) is 2.69. The summed E-state index contributed by atoms with van der Waals surface area (Å²) in [5.41, 5.74) is 6.37. The summed E-state index contributed by atoms with van der Waals surface area (Å²) in [6.07, 6.45) is 0.840. The second-order valence-corrected chi connectivity index (χ2v) is 5.34. The number of nitrogens with two attached hydrogens (primary N) is 1. The van der Waals surface area contributed by atoms with Gasteiger partial charge in [-0.1, -0.05) is 22.9 Å². The summed E-state index contributed by atoms with van der Waals surface area (Å²) in [5, 5.41) is 4.75. The van der Waals surface area contributed by atoms with Crippen molar-refractivity contribution in [2.24, 2.45) is 5.73 Å². The van der Waals surface area contributed by atoms with Crippen LogP contribution in [0, 0.1) is 0 Å². The Balaban J connectivity index is 2.22. The maximum atomic E-state index is 6.01. The molecule has 0 fully saturated rings. The van der Waals surface area contributed by atoms with Crippen LogP contribution in [0.15, 0.2) is 27.2 Å². The fourth-order valence-electron chi connectivity index (χ4n) is 1.33. The molecule has 2 rings (SSSR count). The molecule has 2 N–H and O–H groups in total. The van der Waals surface area contributed by atoms with Crippen LogP contribution in [-0.4, -0.2) is 17.3 Å². The highest BCUT2D eigenvalue weighted by Crippen LogP contribution is 2.28. The van der Waals surface area contributed by atoms with Crippen molar-refractivity contribution in [3.8, 4) is 5.88 Å². The molecule has 0 saturated carbocycles. The number of aromatic nitrogens is 1. The molecule has 0 saturated heterocycles. The highest BCUT2D eigenvalue weighted by Gasteiger charge is 2.18. The molecule has 0 amide bonds. The lowest BCUT2D eigenvalue weighted by Crippen LogP contribution is -2.41. The van der Waals surface area contributed by atoms with Crippen molar-refractivity contribution in [3.05, 3.63) is 22.7 Å². The van der Waals surface area contributed by atoms with Gasteiger partial charge in [-0.15, -0.1) is 0 Å². The van der Waals surface area contributed by atoms with Crippen molar-refractivity contribution in [2.45, 2.75) is 25.8 Å². The maximum Gasteiger partial charge on any atom is 0.262 e. The van der Waals surface area contributed by atoms with Crippen LogP contribution in [0.1, 0.15) is 20.3 Å². The van der Waals surface area contributed by atoms with Crippen molar-refractivity contribution in [1.82, 2.24) is 5.16 Å². The fourth-order valence-corrected chi connectivity index (χ4v) is 1.69. The van der Waals surface area contributed by atoms with E-state index in [1.165, 1.54) is 0 Å². The fraction of sp³-hybridized carbons (Fsp3) is 0.417. The Morgan fingerprint density at radius 2 is 2.29 bits per heavy atom. The first-order valence-electron chi connectivity index (χ1n) is 5.48. The first-order valence-corrected chi connectivity index (χ1v) is 6.28. The molecular formula is C12H15BrN2O2. The third-order valence-corrected chi connectivity index (χ3v) is 3.24. The molecule has 0 bridgehead atoms. The minimum absolute atomic E-state index is 0.350. The molecular weight excluding hydrogens is 284 g/mol. The van der Waals surface area contributed by atoms with Crippen molar-refractivity contribution in [2.75, 3.05) is 6.61 Å². The Hall–Kier alpha value is -1.07. The van der Waals surface area contributed by atoms with Crippen LogP contribution in [-0.2, 0) is 0 Å². The number of hydrogen-bond acceptors (Lipinski definition) is 4. The Morgan fingerprint density at radius 1 is 1.53 bits per heavy atom. The van der Waals surface area contributed by atoms with Crippen LogP contribution in [0.25, 0.3) is 11.0 Å². The van der Waals surface area contributed by atoms with Gasteiger partial charge in [-0.3, -0.25) is 0 Å². The normalized spacial score (nSPS) is 14.8. The van der Waals surface area contributed by atoms with E-state index < -0.39 is 0 Å². The number of benzene rings is 1. The van der Waals surface area contributed by atoms with E-state index in [0.29, 0.717) is 18.1 Å². The zero-order valence-electron chi connectivity index (χ0n) is 9.87. The molecule has 0 aliphatic carbocycles. The largest absolute Gasteiger partial charge is 0.473 e. The first-order chi connectivity index (χ1) is 8.02. The minimum Gasteiger partial charge on any atom is -0.473 e. The van der Waals surface area contributed by atoms with Crippen LogP contribution in [0.5, 0.6) is 5.88 Å². The summed E-state index contributed by atoms with van der Waals surface area (Å²) in [7, 11) is 0. The molecule has 4 nitrogen and oxygen atoms in total. The Morgan fingerprint density at radius 3 is 3.00 bits per heavy atom. The molecule has 0 aliphatic rings.